The van der Waals surface area contributed by atoms with Crippen LogP contribution < -0.4 is 0 Å². The summed E-state index contributed by atoms with van der Waals surface area (Å²) in [4.78, 5) is 0. The summed E-state index contributed by atoms with van der Waals surface area (Å²) in [5, 5.41) is 25.7. The van der Waals surface area contributed by atoms with Crippen molar-refractivity contribution in [2.75, 3.05) is 0 Å². The van der Waals surface area contributed by atoms with E-state index >= 15 is 0 Å². The van der Waals surface area contributed by atoms with Crippen molar-refractivity contribution in [1.82, 2.24) is 0 Å². The van der Waals surface area contributed by atoms with E-state index in [9.17, 15) is 0 Å². The molecular weight excluding hydrogens is 1160 g/mol. The van der Waals surface area contributed by atoms with Gasteiger partial charge in [-0.1, -0.05) is 355 Å². The van der Waals surface area contributed by atoms with Crippen molar-refractivity contribution >= 4 is 130 Å². The highest BCUT2D eigenvalue weighted by Gasteiger charge is 2.18. The van der Waals surface area contributed by atoms with Crippen LogP contribution in [0, 0.1) is 13.8 Å². The van der Waals surface area contributed by atoms with Crippen molar-refractivity contribution in [2.45, 2.75) is 96.9 Å². The van der Waals surface area contributed by atoms with Crippen LogP contribution in [0.15, 0.2) is 312 Å². The normalized spacial score (nSPS) is 10.5. The third kappa shape index (κ3) is 14.0. The second-order valence-corrected chi connectivity index (χ2v) is 22.6. The number of fused-ring (bicyclic) bond motifs is 16. The molecule has 18 aromatic rings. The van der Waals surface area contributed by atoms with E-state index in [0.717, 1.165) is 35.2 Å². The predicted molar refractivity (Wildman–Crippen MR) is 427 cm³/mol. The SMILES string of the molecule is C.C.CC.CC.CC.CC.Cc1c2ccccc2c(Cc2ccc3c(c2)oc2ccc4ccccc4c23)c2ccccc12.Cc1c2ccccc2c(Cc2cccc3c2oc2ccc4ccccc4c23)c2ccccc12.c1ccc2ccccc2c1.c1ccc2ccccc2c1. The van der Waals surface area contributed by atoms with Gasteiger partial charge in [-0.15, -0.1) is 0 Å². The summed E-state index contributed by atoms with van der Waals surface area (Å²) in [6.45, 7) is 20.5. The number of aryl methyl sites for hydroxylation is 2. The summed E-state index contributed by atoms with van der Waals surface area (Å²) in [6, 6.07) is 108. The van der Waals surface area contributed by atoms with Gasteiger partial charge >= 0.3 is 0 Å². The van der Waals surface area contributed by atoms with Crippen molar-refractivity contribution in [3.8, 4) is 0 Å². The van der Waals surface area contributed by atoms with Gasteiger partial charge in [-0.05, 0) is 158 Å². The van der Waals surface area contributed by atoms with Gasteiger partial charge in [0.25, 0.3) is 0 Å². The zero-order chi connectivity index (χ0) is 65.5. The molecule has 0 amide bonds. The van der Waals surface area contributed by atoms with Crippen LogP contribution in [0.2, 0.25) is 0 Å². The average Bonchev–Trinajstić information content (AvgIpc) is 1.18. The minimum Gasteiger partial charge on any atom is -0.456 e. The minimum atomic E-state index is 0. The molecule has 0 bridgehead atoms. The molecule has 2 nitrogen and oxygen atoms in total. The van der Waals surface area contributed by atoms with Gasteiger partial charge in [0.15, 0.2) is 0 Å². The summed E-state index contributed by atoms with van der Waals surface area (Å²) in [7, 11) is 0. The molecule has 0 aliphatic carbocycles. The molecule has 0 fully saturated rings. The number of furan rings is 2. The zero-order valence-corrected chi connectivity index (χ0v) is 56.1. The lowest BCUT2D eigenvalue weighted by Crippen LogP contribution is -1.95. The van der Waals surface area contributed by atoms with Crippen molar-refractivity contribution in [1.29, 1.82) is 0 Å². The fourth-order valence-electron chi connectivity index (χ4n) is 13.4. The third-order valence-corrected chi connectivity index (χ3v) is 17.6. The van der Waals surface area contributed by atoms with Gasteiger partial charge in [0.05, 0.1) is 0 Å². The molecule has 0 unspecified atom stereocenters. The number of para-hydroxylation sites is 1. The Labute approximate surface area is 569 Å². The largest absolute Gasteiger partial charge is 0.456 e. The molecule has 18 rings (SSSR count). The molecule has 0 N–H and O–H groups in total. The second kappa shape index (κ2) is 32.9. The fraction of sp³-hybridized carbons (Fsp3) is 0.149. The van der Waals surface area contributed by atoms with Gasteiger partial charge in [-0.2, -0.15) is 0 Å². The molecule has 0 aliphatic rings. The standard InChI is InChI=1S/2C32H22O.2C10H8.4C2H6.2CH4/c1-20-23-11-4-6-14-26(23)29(27-15-7-5-12-24(20)27)19-22-10-8-16-28-31-25-13-3-2-9-21(25)17-18-30(31)33-32(22)28;1-20-23-9-4-6-12-26(23)29(27-13-7-5-10-24(20)27)18-21-14-16-28-31(19-21)33-30-17-15-22-8-2-3-11-25(22)32(28)30;2*1-2-6-10-8-4-3-7-9(10)5-1;4*1-2;;/h2-18H,19H2,1H3;2-17,19H,18H2,1H3;2*1-8H;4*1-2H3;2*1H4. The minimum absolute atomic E-state index is 0. The van der Waals surface area contributed by atoms with Crippen molar-refractivity contribution < 1.29 is 8.83 Å². The van der Waals surface area contributed by atoms with Crippen LogP contribution in [0.3, 0.4) is 0 Å². The summed E-state index contributed by atoms with van der Waals surface area (Å²) in [5.74, 6) is 0. The Morgan fingerprint density at radius 3 is 0.917 bits per heavy atom. The number of rotatable bonds is 4. The van der Waals surface area contributed by atoms with Crippen molar-refractivity contribution in [3.63, 3.8) is 0 Å². The van der Waals surface area contributed by atoms with Crippen LogP contribution in [-0.2, 0) is 12.8 Å². The van der Waals surface area contributed by atoms with E-state index in [4.69, 9.17) is 8.83 Å². The van der Waals surface area contributed by atoms with Gasteiger partial charge < -0.3 is 8.83 Å². The summed E-state index contributed by atoms with van der Waals surface area (Å²) >= 11 is 0. The monoisotopic (exact) mass is 1250 g/mol. The van der Waals surface area contributed by atoms with Gasteiger partial charge in [0.2, 0.25) is 0 Å². The molecule has 0 spiro atoms. The van der Waals surface area contributed by atoms with Crippen LogP contribution in [-0.4, -0.2) is 0 Å². The topological polar surface area (TPSA) is 26.3 Å². The molecule has 0 saturated heterocycles. The fourth-order valence-corrected chi connectivity index (χ4v) is 13.4. The van der Waals surface area contributed by atoms with Gasteiger partial charge in [0.1, 0.15) is 22.3 Å². The molecule has 96 heavy (non-hydrogen) atoms. The van der Waals surface area contributed by atoms with E-state index in [-0.39, 0.29) is 14.9 Å². The van der Waals surface area contributed by atoms with Gasteiger partial charge in [-0.3, -0.25) is 0 Å². The molecule has 480 valence electrons. The lowest BCUT2D eigenvalue weighted by molar-refractivity contribution is 0.664. The quantitative estimate of drug-likeness (QED) is 0.164. The molecule has 0 aliphatic heterocycles. The number of benzene rings is 16. The molecule has 2 heteroatoms. The first-order valence-electron chi connectivity index (χ1n) is 33.8. The predicted octanol–water partition coefficient (Wildman–Crippen LogP) is 28.9. The first-order valence-corrected chi connectivity index (χ1v) is 33.8. The van der Waals surface area contributed by atoms with Crippen LogP contribution in [0.1, 0.15) is 104 Å². The smallest absolute Gasteiger partial charge is 0.138 e. The van der Waals surface area contributed by atoms with E-state index in [0.29, 0.717) is 0 Å². The van der Waals surface area contributed by atoms with E-state index in [2.05, 4.69) is 317 Å². The summed E-state index contributed by atoms with van der Waals surface area (Å²) < 4.78 is 12.8. The van der Waals surface area contributed by atoms with E-state index in [1.54, 1.807) is 0 Å². The van der Waals surface area contributed by atoms with E-state index < -0.39 is 0 Å². The highest BCUT2D eigenvalue weighted by molar-refractivity contribution is 6.20. The second-order valence-electron chi connectivity index (χ2n) is 22.6. The first kappa shape index (κ1) is 69.5. The van der Waals surface area contributed by atoms with Crippen LogP contribution >= 0.6 is 0 Å². The maximum Gasteiger partial charge on any atom is 0.138 e. The Kier molecular flexibility index (Phi) is 23.8. The molecule has 16 aromatic carbocycles. The Bertz CT molecular complexity index is 5270. The maximum atomic E-state index is 6.51. The lowest BCUT2D eigenvalue weighted by Gasteiger charge is -2.15. The lowest BCUT2D eigenvalue weighted by atomic mass is 9.89. The third-order valence-electron chi connectivity index (χ3n) is 17.6. The van der Waals surface area contributed by atoms with Crippen LogP contribution in [0.5, 0.6) is 0 Å². The zero-order valence-electron chi connectivity index (χ0n) is 56.1. The molecule has 2 heterocycles. The molecule has 0 saturated carbocycles. The van der Waals surface area contributed by atoms with Crippen LogP contribution in [0.4, 0.5) is 0 Å². The molecule has 0 atom stereocenters. The first-order chi connectivity index (χ1) is 46.5. The average molecular weight is 1250 g/mol. The Morgan fingerprint density at radius 1 is 0.229 bits per heavy atom. The van der Waals surface area contributed by atoms with Gasteiger partial charge in [-0.25, -0.2) is 0 Å². The van der Waals surface area contributed by atoms with Crippen molar-refractivity contribution in [3.05, 3.63) is 337 Å². The summed E-state index contributed by atoms with van der Waals surface area (Å²) in [5.41, 5.74) is 11.8. The molecule has 2 aromatic heterocycles. The molecule has 0 radical (unpaired) electrons. The molecular formula is C94H92O2. The van der Waals surface area contributed by atoms with E-state index in [1.807, 2.05) is 55.4 Å². The van der Waals surface area contributed by atoms with E-state index in [1.165, 1.54) is 141 Å². The number of hydrogen-bond donors (Lipinski definition) is 0. The van der Waals surface area contributed by atoms with Crippen molar-refractivity contribution in [2.24, 2.45) is 0 Å². The highest BCUT2D eigenvalue weighted by Crippen LogP contribution is 2.41. The summed E-state index contributed by atoms with van der Waals surface area (Å²) in [6.07, 6.45) is 1.70. The Morgan fingerprint density at radius 2 is 0.531 bits per heavy atom. The Hall–Kier alpha value is -10.8. The number of hydrogen-bond acceptors (Lipinski definition) is 2. The maximum absolute atomic E-state index is 6.51. The van der Waals surface area contributed by atoms with Crippen LogP contribution in [0.25, 0.3) is 130 Å². The van der Waals surface area contributed by atoms with Gasteiger partial charge in [0, 0.05) is 28.0 Å². The highest BCUT2D eigenvalue weighted by atomic mass is 16.3. The Balaban J connectivity index is 0.000000160.